The number of nitrogens with zero attached hydrogens (tertiary/aromatic N) is 1. The Labute approximate surface area is 95.6 Å². The lowest BCUT2D eigenvalue weighted by Gasteiger charge is -2.25. The van der Waals surface area contributed by atoms with Crippen molar-refractivity contribution >= 4 is 6.29 Å². The number of allylic oxidation sites excluding steroid dienone is 1. The van der Waals surface area contributed by atoms with E-state index in [0.717, 1.165) is 25.8 Å². The summed E-state index contributed by atoms with van der Waals surface area (Å²) in [4.78, 5) is 13.2. The molecule has 1 aliphatic carbocycles. The van der Waals surface area contributed by atoms with E-state index in [-0.39, 0.29) is 5.41 Å². The maximum atomic E-state index is 10.9. The van der Waals surface area contributed by atoms with Crippen LogP contribution in [0.5, 0.6) is 0 Å². The summed E-state index contributed by atoms with van der Waals surface area (Å²) in [5, 5.41) is 0. The van der Waals surface area contributed by atoms with Crippen molar-refractivity contribution in [3.63, 3.8) is 0 Å². The molecule has 0 bridgehead atoms. The fraction of sp³-hybridized carbons (Fsp3) is 0.357. The number of hydrogen-bond acceptors (Lipinski definition) is 2. The molecule has 1 saturated carbocycles. The molecule has 1 aromatic rings. The molecule has 0 unspecified atom stereocenters. The standard InChI is InChI=1S/C14H15NO/c16-11-14-6-7-15(10-13(14)8-14)9-12-4-2-1-3-5-12/h1-7,11,13H,8-10H2/t13-,14-/m0/s1. The van der Waals surface area contributed by atoms with Crippen LogP contribution in [0.15, 0.2) is 42.6 Å². The minimum atomic E-state index is -0.0901. The predicted molar refractivity (Wildman–Crippen MR) is 62.6 cm³/mol. The van der Waals surface area contributed by atoms with E-state index in [4.69, 9.17) is 0 Å². The van der Waals surface area contributed by atoms with Gasteiger partial charge in [-0.2, -0.15) is 0 Å². The first kappa shape index (κ1) is 9.64. The normalized spacial score (nSPS) is 31.0. The third kappa shape index (κ3) is 1.54. The summed E-state index contributed by atoms with van der Waals surface area (Å²) in [5.41, 5.74) is 1.24. The fourth-order valence-corrected chi connectivity index (χ4v) is 2.51. The summed E-state index contributed by atoms with van der Waals surface area (Å²) in [6.07, 6.45) is 6.33. The summed E-state index contributed by atoms with van der Waals surface area (Å²) < 4.78 is 0. The van der Waals surface area contributed by atoms with Gasteiger partial charge in [0.15, 0.2) is 0 Å². The van der Waals surface area contributed by atoms with Crippen LogP contribution < -0.4 is 0 Å². The van der Waals surface area contributed by atoms with Crippen LogP contribution in [0.4, 0.5) is 0 Å². The lowest BCUT2D eigenvalue weighted by molar-refractivity contribution is -0.111. The molecule has 0 aromatic heterocycles. The molecule has 2 atom stereocenters. The quantitative estimate of drug-likeness (QED) is 0.717. The molecule has 0 amide bonds. The van der Waals surface area contributed by atoms with E-state index in [1.807, 2.05) is 6.07 Å². The van der Waals surface area contributed by atoms with Gasteiger partial charge in [0, 0.05) is 13.1 Å². The molecular formula is C14H15NO. The van der Waals surface area contributed by atoms with Crippen LogP contribution in [0.3, 0.4) is 0 Å². The third-order valence-corrected chi connectivity index (χ3v) is 3.70. The van der Waals surface area contributed by atoms with Crippen molar-refractivity contribution in [2.45, 2.75) is 13.0 Å². The molecule has 1 heterocycles. The molecule has 1 aromatic carbocycles. The average Bonchev–Trinajstić information content (AvgIpc) is 3.05. The van der Waals surface area contributed by atoms with Crippen LogP contribution >= 0.6 is 0 Å². The highest BCUT2D eigenvalue weighted by Crippen LogP contribution is 2.54. The van der Waals surface area contributed by atoms with Crippen LogP contribution in [0.2, 0.25) is 0 Å². The average molecular weight is 213 g/mol. The number of carbonyl (C=O) groups excluding carboxylic acids is 1. The molecule has 1 aliphatic heterocycles. The van der Waals surface area contributed by atoms with Gasteiger partial charge in [-0.1, -0.05) is 36.4 Å². The van der Waals surface area contributed by atoms with Gasteiger partial charge in [0.05, 0.1) is 5.41 Å². The Bertz CT molecular complexity index is 426. The van der Waals surface area contributed by atoms with Crippen molar-refractivity contribution < 1.29 is 4.79 Å². The van der Waals surface area contributed by atoms with Crippen molar-refractivity contribution in [2.75, 3.05) is 6.54 Å². The van der Waals surface area contributed by atoms with Gasteiger partial charge in [0.25, 0.3) is 0 Å². The van der Waals surface area contributed by atoms with Gasteiger partial charge in [-0.25, -0.2) is 0 Å². The van der Waals surface area contributed by atoms with E-state index < -0.39 is 0 Å². The lowest BCUT2D eigenvalue weighted by Crippen LogP contribution is -2.26. The highest BCUT2D eigenvalue weighted by molar-refractivity contribution is 5.68. The summed E-state index contributed by atoms with van der Waals surface area (Å²) >= 11 is 0. The minimum Gasteiger partial charge on any atom is -0.373 e. The summed E-state index contributed by atoms with van der Waals surface area (Å²) in [6.45, 7) is 1.97. The molecule has 0 saturated heterocycles. The van der Waals surface area contributed by atoms with Crippen molar-refractivity contribution in [3.05, 3.63) is 48.2 Å². The van der Waals surface area contributed by atoms with E-state index in [2.05, 4.69) is 41.4 Å². The molecule has 16 heavy (non-hydrogen) atoms. The molecule has 2 aliphatic rings. The molecule has 0 N–H and O–H groups in total. The second kappa shape index (κ2) is 3.48. The zero-order valence-electron chi connectivity index (χ0n) is 9.17. The molecule has 3 rings (SSSR count). The van der Waals surface area contributed by atoms with Gasteiger partial charge >= 0.3 is 0 Å². The van der Waals surface area contributed by atoms with Crippen LogP contribution in [-0.4, -0.2) is 17.7 Å². The Morgan fingerprint density at radius 2 is 2.19 bits per heavy atom. The number of carbonyl (C=O) groups is 1. The molecule has 0 spiro atoms. The van der Waals surface area contributed by atoms with E-state index in [0.29, 0.717) is 5.92 Å². The van der Waals surface area contributed by atoms with Crippen LogP contribution in [0.1, 0.15) is 12.0 Å². The third-order valence-electron chi connectivity index (χ3n) is 3.70. The van der Waals surface area contributed by atoms with Crippen molar-refractivity contribution in [1.29, 1.82) is 0 Å². The van der Waals surface area contributed by atoms with Crippen molar-refractivity contribution in [2.24, 2.45) is 11.3 Å². The minimum absolute atomic E-state index is 0.0901. The first-order valence-electron chi connectivity index (χ1n) is 5.76. The van der Waals surface area contributed by atoms with Gasteiger partial charge in [-0.15, -0.1) is 0 Å². The summed E-state index contributed by atoms with van der Waals surface area (Å²) in [5.74, 6) is 0.554. The molecule has 0 radical (unpaired) electrons. The van der Waals surface area contributed by atoms with Crippen LogP contribution in [0, 0.1) is 11.3 Å². The van der Waals surface area contributed by atoms with Gasteiger partial charge in [0.1, 0.15) is 6.29 Å². The Balaban J connectivity index is 1.69. The second-order valence-electron chi connectivity index (χ2n) is 4.86. The molecule has 2 heteroatoms. The van der Waals surface area contributed by atoms with Crippen LogP contribution in [-0.2, 0) is 11.3 Å². The summed E-state index contributed by atoms with van der Waals surface area (Å²) in [7, 11) is 0. The molecule has 1 fully saturated rings. The fourth-order valence-electron chi connectivity index (χ4n) is 2.51. The maximum absolute atomic E-state index is 10.9. The van der Waals surface area contributed by atoms with E-state index in [1.54, 1.807) is 0 Å². The van der Waals surface area contributed by atoms with Crippen molar-refractivity contribution in [1.82, 2.24) is 4.90 Å². The van der Waals surface area contributed by atoms with Gasteiger partial charge in [0.2, 0.25) is 0 Å². The zero-order valence-corrected chi connectivity index (χ0v) is 9.17. The van der Waals surface area contributed by atoms with E-state index in [9.17, 15) is 4.79 Å². The largest absolute Gasteiger partial charge is 0.373 e. The molecule has 82 valence electrons. The second-order valence-corrected chi connectivity index (χ2v) is 4.86. The SMILES string of the molecule is O=C[C@@]12C=CN(Cc3ccccc3)C[C@@H]1C2. The van der Waals surface area contributed by atoms with Gasteiger partial charge in [-0.3, -0.25) is 0 Å². The Kier molecular flexibility index (Phi) is 2.10. The first-order chi connectivity index (χ1) is 7.82. The Hall–Kier alpha value is -1.57. The predicted octanol–water partition coefficient (Wildman–Crippen LogP) is 2.22. The number of benzene rings is 1. The lowest BCUT2D eigenvalue weighted by atomic mass is 10.0. The van der Waals surface area contributed by atoms with E-state index >= 15 is 0 Å². The zero-order chi connectivity index (χ0) is 11.0. The summed E-state index contributed by atoms with van der Waals surface area (Å²) in [6, 6.07) is 10.4. The van der Waals surface area contributed by atoms with E-state index in [1.165, 1.54) is 5.56 Å². The first-order valence-corrected chi connectivity index (χ1v) is 5.76. The van der Waals surface area contributed by atoms with Gasteiger partial charge < -0.3 is 9.69 Å². The highest BCUT2D eigenvalue weighted by Gasteiger charge is 2.54. The molecular weight excluding hydrogens is 198 g/mol. The number of hydrogen-bond donors (Lipinski definition) is 0. The topological polar surface area (TPSA) is 20.3 Å². The van der Waals surface area contributed by atoms with Gasteiger partial charge in [-0.05, 0) is 24.1 Å². The number of aldehydes is 1. The van der Waals surface area contributed by atoms with Crippen LogP contribution in [0.25, 0.3) is 0 Å². The monoisotopic (exact) mass is 213 g/mol. The maximum Gasteiger partial charge on any atom is 0.130 e. The van der Waals surface area contributed by atoms with Crippen molar-refractivity contribution in [3.8, 4) is 0 Å². The smallest absolute Gasteiger partial charge is 0.130 e. The molecule has 2 nitrogen and oxygen atoms in total. The number of fused-ring (bicyclic) bond motifs is 1. The Morgan fingerprint density at radius 1 is 1.38 bits per heavy atom. The number of rotatable bonds is 3. The highest BCUT2D eigenvalue weighted by atomic mass is 16.1. The Morgan fingerprint density at radius 3 is 2.88 bits per heavy atom.